The van der Waals surface area contributed by atoms with E-state index >= 15 is 0 Å². The van der Waals surface area contributed by atoms with Crippen LogP contribution in [0.4, 0.5) is 5.82 Å². The van der Waals surface area contributed by atoms with E-state index in [0.717, 1.165) is 37.3 Å². The van der Waals surface area contributed by atoms with Crippen LogP contribution in [0.25, 0.3) is 0 Å². The lowest BCUT2D eigenvalue weighted by Crippen LogP contribution is -2.31. The Balaban J connectivity index is 1.65. The largest absolute Gasteiger partial charge is 0.475 e. The molecule has 0 bridgehead atoms. The molecule has 1 fully saturated rings. The Labute approximate surface area is 153 Å². The lowest BCUT2D eigenvalue weighted by atomic mass is 10.1. The van der Waals surface area contributed by atoms with Gasteiger partial charge in [0.2, 0.25) is 5.88 Å². The van der Waals surface area contributed by atoms with E-state index in [1.165, 1.54) is 12.7 Å². The van der Waals surface area contributed by atoms with Crippen LogP contribution in [0.2, 0.25) is 0 Å². The molecule has 3 rings (SSSR count). The Kier molecular flexibility index (Phi) is 5.99. The first-order chi connectivity index (χ1) is 12.6. The lowest BCUT2D eigenvalue weighted by Gasteiger charge is -2.27. The molecule has 26 heavy (non-hydrogen) atoms. The van der Waals surface area contributed by atoms with Crippen molar-refractivity contribution >= 4 is 11.7 Å². The first-order valence-corrected chi connectivity index (χ1v) is 9.09. The molecule has 0 radical (unpaired) electrons. The summed E-state index contributed by atoms with van der Waals surface area (Å²) in [5.74, 6) is 1.12. The maximum absolute atomic E-state index is 12.5. The Hall–Kier alpha value is -2.70. The Bertz CT molecular complexity index is 744. The first kappa shape index (κ1) is 18.1. The predicted molar refractivity (Wildman–Crippen MR) is 99.3 cm³/mol. The maximum atomic E-state index is 12.5. The highest BCUT2D eigenvalue weighted by Crippen LogP contribution is 2.18. The van der Waals surface area contributed by atoms with Gasteiger partial charge in [-0.05, 0) is 39.2 Å². The molecule has 0 aliphatic carbocycles. The van der Waals surface area contributed by atoms with Crippen LogP contribution >= 0.6 is 0 Å². The molecule has 0 saturated carbocycles. The highest BCUT2D eigenvalue weighted by atomic mass is 16.5. The minimum absolute atomic E-state index is 0.0216. The molecule has 0 aromatic carbocycles. The Morgan fingerprint density at radius 2 is 2.04 bits per heavy atom. The van der Waals surface area contributed by atoms with E-state index in [9.17, 15) is 4.79 Å². The van der Waals surface area contributed by atoms with Gasteiger partial charge < -0.3 is 15.0 Å². The molecule has 1 N–H and O–H groups in total. The summed E-state index contributed by atoms with van der Waals surface area (Å²) in [6, 6.07) is 5.48. The van der Waals surface area contributed by atoms with Crippen molar-refractivity contribution < 1.29 is 9.53 Å². The van der Waals surface area contributed by atoms with Gasteiger partial charge in [-0.15, -0.1) is 0 Å². The van der Waals surface area contributed by atoms with E-state index in [-0.39, 0.29) is 12.0 Å². The molecular formula is C19H25N5O2. The van der Waals surface area contributed by atoms with Gasteiger partial charge >= 0.3 is 0 Å². The fraction of sp³-hybridized carbons (Fsp3) is 0.474. The molecule has 2 aromatic heterocycles. The van der Waals surface area contributed by atoms with Gasteiger partial charge in [-0.2, -0.15) is 0 Å². The van der Waals surface area contributed by atoms with Gasteiger partial charge in [0.15, 0.2) is 0 Å². The van der Waals surface area contributed by atoms with Crippen LogP contribution < -0.4 is 15.0 Å². The van der Waals surface area contributed by atoms with Crippen LogP contribution in [-0.4, -0.2) is 40.1 Å². The van der Waals surface area contributed by atoms with Gasteiger partial charge in [0, 0.05) is 37.5 Å². The van der Waals surface area contributed by atoms with Gasteiger partial charge in [-0.25, -0.2) is 15.0 Å². The van der Waals surface area contributed by atoms with Crippen molar-refractivity contribution in [3.8, 4) is 5.88 Å². The molecular weight excluding hydrogens is 330 g/mol. The summed E-state index contributed by atoms with van der Waals surface area (Å²) < 4.78 is 5.69. The standard InChI is InChI=1S/C19H25N5O2/c1-14(2)26-19-15(7-6-8-20-19)12-21-18(25)16-11-17(23-13-22-16)24-9-4-3-5-10-24/h6-8,11,13-14H,3-5,9-10,12H2,1-2H3,(H,21,25). The summed E-state index contributed by atoms with van der Waals surface area (Å²) in [4.78, 5) is 27.4. The fourth-order valence-electron chi connectivity index (χ4n) is 2.92. The average molecular weight is 355 g/mol. The van der Waals surface area contributed by atoms with Crippen molar-refractivity contribution in [1.82, 2.24) is 20.3 Å². The van der Waals surface area contributed by atoms with Crippen molar-refractivity contribution in [2.45, 2.75) is 45.8 Å². The SMILES string of the molecule is CC(C)Oc1ncccc1CNC(=O)c1cc(N2CCCCC2)ncn1. The van der Waals surface area contributed by atoms with Crippen molar-refractivity contribution in [3.63, 3.8) is 0 Å². The van der Waals surface area contributed by atoms with Crippen LogP contribution in [-0.2, 0) is 6.54 Å². The van der Waals surface area contributed by atoms with Gasteiger partial charge in [-0.3, -0.25) is 4.79 Å². The van der Waals surface area contributed by atoms with Gasteiger partial charge in [-0.1, -0.05) is 6.07 Å². The smallest absolute Gasteiger partial charge is 0.270 e. The quantitative estimate of drug-likeness (QED) is 0.858. The van der Waals surface area contributed by atoms with Crippen molar-refractivity contribution in [2.75, 3.05) is 18.0 Å². The molecule has 0 atom stereocenters. The van der Waals surface area contributed by atoms with Crippen LogP contribution in [0.3, 0.4) is 0 Å². The molecule has 1 amide bonds. The number of amides is 1. The van der Waals surface area contributed by atoms with E-state index in [0.29, 0.717) is 18.1 Å². The zero-order chi connectivity index (χ0) is 18.4. The molecule has 7 nitrogen and oxygen atoms in total. The van der Waals surface area contributed by atoms with Crippen LogP contribution in [0.1, 0.15) is 49.2 Å². The van der Waals surface area contributed by atoms with Gasteiger partial charge in [0.1, 0.15) is 17.8 Å². The number of nitrogens with one attached hydrogen (secondary N) is 1. The number of piperidine rings is 1. The topological polar surface area (TPSA) is 80.2 Å². The second-order valence-electron chi connectivity index (χ2n) is 6.63. The Morgan fingerprint density at radius 1 is 1.23 bits per heavy atom. The third-order valence-electron chi connectivity index (χ3n) is 4.20. The highest BCUT2D eigenvalue weighted by Gasteiger charge is 2.16. The minimum atomic E-state index is -0.231. The van der Waals surface area contributed by atoms with E-state index in [1.807, 2.05) is 26.0 Å². The number of ether oxygens (including phenoxy) is 1. The second kappa shape index (κ2) is 8.60. The van der Waals surface area contributed by atoms with Gasteiger partial charge in [0.25, 0.3) is 5.91 Å². The number of hydrogen-bond donors (Lipinski definition) is 1. The predicted octanol–water partition coefficient (Wildman–Crippen LogP) is 2.58. The third-order valence-corrected chi connectivity index (χ3v) is 4.20. The van der Waals surface area contributed by atoms with Crippen molar-refractivity contribution in [3.05, 3.63) is 42.0 Å². The number of hydrogen-bond acceptors (Lipinski definition) is 6. The second-order valence-corrected chi connectivity index (χ2v) is 6.63. The summed E-state index contributed by atoms with van der Waals surface area (Å²) in [6.45, 7) is 6.17. The minimum Gasteiger partial charge on any atom is -0.475 e. The number of rotatable bonds is 6. The van der Waals surface area contributed by atoms with Crippen molar-refractivity contribution in [2.24, 2.45) is 0 Å². The number of nitrogens with zero attached hydrogens (tertiary/aromatic N) is 4. The van der Waals surface area contributed by atoms with Crippen LogP contribution in [0, 0.1) is 0 Å². The van der Waals surface area contributed by atoms with E-state index < -0.39 is 0 Å². The molecule has 138 valence electrons. The van der Waals surface area contributed by atoms with Crippen LogP contribution in [0.15, 0.2) is 30.7 Å². The molecule has 7 heteroatoms. The summed E-state index contributed by atoms with van der Waals surface area (Å²) in [7, 11) is 0. The number of carbonyl (C=O) groups is 1. The normalized spacial score (nSPS) is 14.3. The van der Waals surface area contributed by atoms with Crippen LogP contribution in [0.5, 0.6) is 5.88 Å². The fourth-order valence-corrected chi connectivity index (χ4v) is 2.92. The molecule has 1 aliphatic rings. The Morgan fingerprint density at radius 3 is 2.81 bits per heavy atom. The maximum Gasteiger partial charge on any atom is 0.270 e. The highest BCUT2D eigenvalue weighted by molar-refractivity contribution is 5.92. The van der Waals surface area contributed by atoms with Gasteiger partial charge in [0.05, 0.1) is 6.10 Å². The summed E-state index contributed by atoms with van der Waals surface area (Å²) in [5.41, 5.74) is 1.20. The molecule has 3 heterocycles. The number of carbonyl (C=O) groups excluding carboxylic acids is 1. The average Bonchev–Trinajstić information content (AvgIpc) is 2.67. The molecule has 0 unspecified atom stereocenters. The summed E-state index contributed by atoms with van der Waals surface area (Å²) >= 11 is 0. The van der Waals surface area contributed by atoms with E-state index in [1.54, 1.807) is 12.3 Å². The van der Waals surface area contributed by atoms with E-state index in [4.69, 9.17) is 4.74 Å². The molecule has 2 aromatic rings. The number of pyridine rings is 1. The monoisotopic (exact) mass is 355 g/mol. The zero-order valence-electron chi connectivity index (χ0n) is 15.3. The van der Waals surface area contributed by atoms with Crippen molar-refractivity contribution in [1.29, 1.82) is 0 Å². The molecule has 1 aliphatic heterocycles. The lowest BCUT2D eigenvalue weighted by molar-refractivity contribution is 0.0945. The zero-order valence-corrected chi connectivity index (χ0v) is 15.3. The summed E-state index contributed by atoms with van der Waals surface area (Å²) in [6.07, 6.45) is 6.72. The molecule has 0 spiro atoms. The van der Waals surface area contributed by atoms with E-state index in [2.05, 4.69) is 25.2 Å². The molecule has 1 saturated heterocycles. The summed E-state index contributed by atoms with van der Waals surface area (Å²) in [5, 5.41) is 2.89. The first-order valence-electron chi connectivity index (χ1n) is 9.09. The third kappa shape index (κ3) is 4.68. The number of aromatic nitrogens is 3. The number of anilines is 1.